The quantitative estimate of drug-likeness (QED) is 0.218. The summed E-state index contributed by atoms with van der Waals surface area (Å²) in [5, 5.41) is 3.86. The second-order valence-electron chi connectivity index (χ2n) is 7.30. The van der Waals surface area contributed by atoms with Gasteiger partial charge in [0.25, 0.3) is 0 Å². The minimum Gasteiger partial charge on any atom is -0.493 e. The number of aromatic nitrogens is 1. The van der Waals surface area contributed by atoms with Gasteiger partial charge in [-0.2, -0.15) is 8.78 Å². The fourth-order valence-electron chi connectivity index (χ4n) is 3.32. The largest absolute Gasteiger partial charge is 0.493 e. The van der Waals surface area contributed by atoms with Gasteiger partial charge in [0.2, 0.25) is 0 Å². The van der Waals surface area contributed by atoms with E-state index >= 15 is 0 Å². The molecule has 0 N–H and O–H groups in total. The highest BCUT2D eigenvalue weighted by atomic mass is 19.3. The standard InChI is InChI=1S/C25H25F2NO7/c1-14-19(15(2)35-28-14)13-33-24(29)18(17-7-9-20(30-3)23(12-17)32-5)10-16-6-8-21(34-25(26)27)22(11-16)31-4/h6-12,25H,13H2,1-5H3. The highest BCUT2D eigenvalue weighted by molar-refractivity contribution is 6.21. The van der Waals surface area contributed by atoms with Crippen molar-refractivity contribution >= 4 is 17.6 Å². The van der Waals surface area contributed by atoms with Crippen molar-refractivity contribution in [2.75, 3.05) is 21.3 Å². The Morgan fingerprint density at radius 2 is 1.63 bits per heavy atom. The second-order valence-corrected chi connectivity index (χ2v) is 7.30. The first-order chi connectivity index (χ1) is 16.8. The Hall–Kier alpha value is -4.08. The maximum absolute atomic E-state index is 13.2. The van der Waals surface area contributed by atoms with Gasteiger partial charge < -0.3 is 28.2 Å². The SMILES string of the molecule is COc1ccc(C(=Cc2ccc(OC(F)F)c(OC)c2)C(=O)OCc2c(C)noc2C)cc1OC. The Morgan fingerprint density at radius 3 is 2.23 bits per heavy atom. The number of rotatable bonds is 10. The highest BCUT2D eigenvalue weighted by Gasteiger charge is 2.19. The fourth-order valence-corrected chi connectivity index (χ4v) is 3.32. The third kappa shape index (κ3) is 6.08. The number of nitrogens with zero attached hydrogens (tertiary/aromatic N) is 1. The van der Waals surface area contributed by atoms with Crippen molar-refractivity contribution < 1.29 is 41.8 Å². The predicted octanol–water partition coefficient (Wildman–Crippen LogP) is 5.20. The van der Waals surface area contributed by atoms with Crippen LogP contribution in [0.15, 0.2) is 40.9 Å². The summed E-state index contributed by atoms with van der Waals surface area (Å²) in [5.41, 5.74) is 2.44. The summed E-state index contributed by atoms with van der Waals surface area (Å²) in [5.74, 6) is 0.751. The smallest absolute Gasteiger partial charge is 0.387 e. The second kappa shape index (κ2) is 11.4. The van der Waals surface area contributed by atoms with Crippen molar-refractivity contribution in [3.8, 4) is 23.0 Å². The van der Waals surface area contributed by atoms with Gasteiger partial charge >= 0.3 is 12.6 Å². The molecule has 0 aliphatic carbocycles. The molecule has 0 atom stereocenters. The van der Waals surface area contributed by atoms with Crippen LogP contribution in [0.25, 0.3) is 11.6 Å². The first kappa shape index (κ1) is 25.5. The van der Waals surface area contributed by atoms with E-state index in [0.29, 0.717) is 39.6 Å². The van der Waals surface area contributed by atoms with Crippen LogP contribution in [0.4, 0.5) is 8.78 Å². The normalized spacial score (nSPS) is 11.4. The van der Waals surface area contributed by atoms with Crippen molar-refractivity contribution in [1.82, 2.24) is 5.16 Å². The Kier molecular flexibility index (Phi) is 8.30. The monoisotopic (exact) mass is 489 g/mol. The number of methoxy groups -OCH3 is 3. The van der Waals surface area contributed by atoms with E-state index in [1.54, 1.807) is 38.1 Å². The molecule has 0 bridgehead atoms. The summed E-state index contributed by atoms with van der Waals surface area (Å²) >= 11 is 0. The molecular weight excluding hydrogens is 464 g/mol. The molecule has 8 nitrogen and oxygen atoms in total. The lowest BCUT2D eigenvalue weighted by atomic mass is 10.0. The lowest BCUT2D eigenvalue weighted by Gasteiger charge is -2.13. The number of benzene rings is 2. The first-order valence-corrected chi connectivity index (χ1v) is 10.4. The average Bonchev–Trinajstić information content (AvgIpc) is 3.17. The first-order valence-electron chi connectivity index (χ1n) is 10.4. The Balaban J connectivity index is 2.02. The Labute approximate surface area is 201 Å². The van der Waals surface area contributed by atoms with Gasteiger partial charge in [-0.25, -0.2) is 4.79 Å². The molecule has 0 amide bonds. The van der Waals surface area contributed by atoms with Gasteiger partial charge in [0.05, 0.1) is 38.2 Å². The molecule has 2 aromatic carbocycles. The summed E-state index contributed by atoms with van der Waals surface area (Å²) in [6.07, 6.45) is 1.55. The summed E-state index contributed by atoms with van der Waals surface area (Å²) in [6, 6.07) is 9.29. The summed E-state index contributed by atoms with van der Waals surface area (Å²) in [4.78, 5) is 13.2. The van der Waals surface area contributed by atoms with Gasteiger partial charge in [-0.3, -0.25) is 0 Å². The number of aryl methyl sites for hydroxylation is 2. The van der Waals surface area contributed by atoms with Crippen molar-refractivity contribution in [3.63, 3.8) is 0 Å². The molecule has 0 saturated carbocycles. The lowest BCUT2D eigenvalue weighted by Crippen LogP contribution is -2.09. The number of hydrogen-bond acceptors (Lipinski definition) is 8. The van der Waals surface area contributed by atoms with E-state index in [1.165, 1.54) is 39.5 Å². The van der Waals surface area contributed by atoms with E-state index in [0.717, 1.165) is 0 Å². The van der Waals surface area contributed by atoms with Crippen LogP contribution in [0.5, 0.6) is 23.0 Å². The molecule has 0 unspecified atom stereocenters. The van der Waals surface area contributed by atoms with Crippen LogP contribution in [0, 0.1) is 13.8 Å². The molecule has 0 aliphatic heterocycles. The molecule has 0 radical (unpaired) electrons. The molecule has 1 aromatic heterocycles. The zero-order valence-corrected chi connectivity index (χ0v) is 19.9. The van der Waals surface area contributed by atoms with E-state index < -0.39 is 12.6 Å². The predicted molar refractivity (Wildman–Crippen MR) is 123 cm³/mol. The third-order valence-electron chi connectivity index (χ3n) is 5.16. The number of hydrogen-bond donors (Lipinski definition) is 0. The molecule has 3 aromatic rings. The molecule has 0 aliphatic rings. The minimum atomic E-state index is -3.01. The van der Waals surface area contributed by atoms with Gasteiger partial charge in [-0.1, -0.05) is 17.3 Å². The van der Waals surface area contributed by atoms with E-state index in [4.69, 9.17) is 23.5 Å². The molecular formula is C25H25F2NO7. The molecule has 0 fully saturated rings. The topological polar surface area (TPSA) is 89.3 Å². The van der Waals surface area contributed by atoms with Crippen LogP contribution < -0.4 is 18.9 Å². The number of esters is 1. The minimum absolute atomic E-state index is 0.0465. The molecule has 0 saturated heterocycles. The maximum atomic E-state index is 13.2. The Bertz CT molecular complexity index is 1200. The van der Waals surface area contributed by atoms with Crippen LogP contribution >= 0.6 is 0 Å². The van der Waals surface area contributed by atoms with E-state index in [2.05, 4.69) is 9.89 Å². The zero-order valence-electron chi connectivity index (χ0n) is 19.9. The van der Waals surface area contributed by atoms with Crippen LogP contribution in [-0.4, -0.2) is 39.1 Å². The summed E-state index contributed by atoms with van der Waals surface area (Å²) < 4.78 is 56.3. The van der Waals surface area contributed by atoms with Crippen molar-refractivity contribution in [1.29, 1.82) is 0 Å². The molecule has 0 spiro atoms. The Morgan fingerprint density at radius 1 is 0.971 bits per heavy atom. The average molecular weight is 489 g/mol. The van der Waals surface area contributed by atoms with Gasteiger partial charge in [0, 0.05) is 0 Å². The van der Waals surface area contributed by atoms with Crippen molar-refractivity contribution in [3.05, 3.63) is 64.5 Å². The molecule has 1 heterocycles. The van der Waals surface area contributed by atoms with Gasteiger partial charge in [0.15, 0.2) is 23.0 Å². The van der Waals surface area contributed by atoms with Crippen LogP contribution in [0.2, 0.25) is 0 Å². The highest BCUT2D eigenvalue weighted by Crippen LogP contribution is 2.34. The van der Waals surface area contributed by atoms with Crippen molar-refractivity contribution in [2.45, 2.75) is 27.1 Å². The van der Waals surface area contributed by atoms with Crippen LogP contribution in [-0.2, 0) is 16.1 Å². The summed E-state index contributed by atoms with van der Waals surface area (Å²) in [6.45, 7) is 0.422. The zero-order chi connectivity index (χ0) is 25.5. The van der Waals surface area contributed by atoms with E-state index in [9.17, 15) is 13.6 Å². The maximum Gasteiger partial charge on any atom is 0.387 e. The number of carbonyl (C=O) groups excluding carboxylic acids is 1. The van der Waals surface area contributed by atoms with Crippen LogP contribution in [0.1, 0.15) is 28.1 Å². The van der Waals surface area contributed by atoms with Gasteiger partial charge in [-0.05, 0) is 55.3 Å². The number of halogens is 2. The van der Waals surface area contributed by atoms with E-state index in [-0.39, 0.29) is 23.7 Å². The van der Waals surface area contributed by atoms with Gasteiger partial charge in [-0.15, -0.1) is 0 Å². The number of ether oxygens (including phenoxy) is 5. The molecule has 186 valence electrons. The van der Waals surface area contributed by atoms with E-state index in [1.807, 2.05) is 0 Å². The molecule has 35 heavy (non-hydrogen) atoms. The lowest BCUT2D eigenvalue weighted by molar-refractivity contribution is -0.137. The fraction of sp³-hybridized carbons (Fsp3) is 0.280. The third-order valence-corrected chi connectivity index (χ3v) is 5.16. The van der Waals surface area contributed by atoms with Crippen LogP contribution in [0.3, 0.4) is 0 Å². The molecule has 3 rings (SSSR count). The number of carbonyl (C=O) groups is 1. The van der Waals surface area contributed by atoms with Crippen molar-refractivity contribution in [2.24, 2.45) is 0 Å². The molecule has 10 heteroatoms. The van der Waals surface area contributed by atoms with Gasteiger partial charge in [0.1, 0.15) is 12.4 Å². The number of alkyl halides is 2. The summed E-state index contributed by atoms with van der Waals surface area (Å²) in [7, 11) is 4.31.